The highest BCUT2D eigenvalue weighted by molar-refractivity contribution is 5.86. The third kappa shape index (κ3) is 5.00. The van der Waals surface area contributed by atoms with Crippen LogP contribution in [0.3, 0.4) is 0 Å². The van der Waals surface area contributed by atoms with Crippen molar-refractivity contribution in [1.29, 1.82) is 0 Å². The van der Waals surface area contributed by atoms with Crippen molar-refractivity contribution in [3.05, 3.63) is 59.9 Å². The van der Waals surface area contributed by atoms with Crippen LogP contribution in [0.15, 0.2) is 48.7 Å². The number of hydrogen-bond acceptors (Lipinski definition) is 2. The summed E-state index contributed by atoms with van der Waals surface area (Å²) in [5, 5.41) is 0. The first-order valence-corrected chi connectivity index (χ1v) is 9.68. The standard InChI is InChI=1S/C22H29N3O2/c1-17(2)24(21(26)14-18-8-5-4-6-9-18)16-22(27)25(19-11-12-19)15-20-10-7-13-23(20)3/h4-10,13,17,19H,11-12,14-16H2,1-3H3. The van der Waals surface area contributed by atoms with Gasteiger partial charge in [-0.15, -0.1) is 0 Å². The predicted octanol–water partition coefficient (Wildman–Crippen LogP) is 3.00. The summed E-state index contributed by atoms with van der Waals surface area (Å²) >= 11 is 0. The van der Waals surface area contributed by atoms with E-state index in [9.17, 15) is 9.59 Å². The second kappa shape index (κ2) is 8.42. The van der Waals surface area contributed by atoms with Crippen LogP contribution in [-0.2, 0) is 29.6 Å². The lowest BCUT2D eigenvalue weighted by Crippen LogP contribution is -2.47. The number of carbonyl (C=O) groups excluding carboxylic acids is 2. The number of hydrogen-bond donors (Lipinski definition) is 0. The molecule has 1 heterocycles. The molecule has 0 spiro atoms. The molecule has 27 heavy (non-hydrogen) atoms. The lowest BCUT2D eigenvalue weighted by molar-refractivity contribution is -0.142. The zero-order chi connectivity index (χ0) is 19.4. The maximum atomic E-state index is 13.1. The van der Waals surface area contributed by atoms with Crippen LogP contribution >= 0.6 is 0 Å². The normalized spacial score (nSPS) is 13.6. The van der Waals surface area contributed by atoms with Crippen molar-refractivity contribution in [2.45, 2.75) is 51.7 Å². The van der Waals surface area contributed by atoms with Crippen LogP contribution in [0.4, 0.5) is 0 Å². The number of nitrogens with zero attached hydrogens (tertiary/aromatic N) is 3. The molecule has 0 atom stereocenters. The quantitative estimate of drug-likeness (QED) is 0.720. The first-order valence-electron chi connectivity index (χ1n) is 9.68. The van der Waals surface area contributed by atoms with Gasteiger partial charge in [-0.25, -0.2) is 0 Å². The minimum absolute atomic E-state index is 0.000774. The maximum absolute atomic E-state index is 13.1. The second-order valence-corrected chi connectivity index (χ2v) is 7.64. The molecular formula is C22H29N3O2. The fourth-order valence-electron chi connectivity index (χ4n) is 3.31. The molecule has 0 N–H and O–H groups in total. The molecule has 144 valence electrons. The molecule has 1 fully saturated rings. The first kappa shape index (κ1) is 19.2. The van der Waals surface area contributed by atoms with E-state index in [0.717, 1.165) is 24.1 Å². The summed E-state index contributed by atoms with van der Waals surface area (Å²) in [5.74, 6) is 0.0352. The van der Waals surface area contributed by atoms with Gasteiger partial charge >= 0.3 is 0 Å². The summed E-state index contributed by atoms with van der Waals surface area (Å²) in [6.07, 6.45) is 4.42. The van der Waals surface area contributed by atoms with Gasteiger partial charge in [-0.1, -0.05) is 30.3 Å². The fraction of sp³-hybridized carbons (Fsp3) is 0.455. The Morgan fingerprint density at radius 2 is 1.78 bits per heavy atom. The lowest BCUT2D eigenvalue weighted by atomic mass is 10.1. The molecule has 0 bridgehead atoms. The van der Waals surface area contributed by atoms with E-state index < -0.39 is 0 Å². The molecule has 3 rings (SSSR count). The molecule has 5 nitrogen and oxygen atoms in total. The Hall–Kier alpha value is -2.56. The Balaban J connectivity index is 1.67. The van der Waals surface area contributed by atoms with E-state index >= 15 is 0 Å². The molecule has 0 radical (unpaired) electrons. The lowest BCUT2D eigenvalue weighted by Gasteiger charge is -2.30. The molecule has 1 aromatic carbocycles. The Morgan fingerprint density at radius 3 is 2.33 bits per heavy atom. The fourth-order valence-corrected chi connectivity index (χ4v) is 3.31. The van der Waals surface area contributed by atoms with Gasteiger partial charge in [0.25, 0.3) is 0 Å². The summed E-state index contributed by atoms with van der Waals surface area (Å²) in [6, 6.07) is 14.0. The highest BCUT2D eigenvalue weighted by atomic mass is 16.2. The van der Waals surface area contributed by atoms with Gasteiger partial charge in [0.15, 0.2) is 0 Å². The molecule has 1 aromatic heterocycles. The second-order valence-electron chi connectivity index (χ2n) is 7.64. The smallest absolute Gasteiger partial charge is 0.242 e. The SMILES string of the molecule is CC(C)N(CC(=O)N(Cc1cccn1C)C1CC1)C(=O)Cc1ccccc1. The zero-order valence-corrected chi connectivity index (χ0v) is 16.5. The molecule has 0 saturated heterocycles. The van der Waals surface area contributed by atoms with Crippen molar-refractivity contribution in [1.82, 2.24) is 14.4 Å². The number of rotatable bonds is 8. The maximum Gasteiger partial charge on any atom is 0.242 e. The van der Waals surface area contributed by atoms with Crippen LogP contribution in [0.25, 0.3) is 0 Å². The van der Waals surface area contributed by atoms with E-state index in [0.29, 0.717) is 19.0 Å². The van der Waals surface area contributed by atoms with E-state index in [-0.39, 0.29) is 24.4 Å². The Morgan fingerprint density at radius 1 is 1.07 bits per heavy atom. The van der Waals surface area contributed by atoms with Crippen LogP contribution in [0, 0.1) is 0 Å². The van der Waals surface area contributed by atoms with Crippen molar-refractivity contribution in [3.8, 4) is 0 Å². The summed E-state index contributed by atoms with van der Waals surface area (Å²) in [4.78, 5) is 29.5. The highest BCUT2D eigenvalue weighted by Crippen LogP contribution is 2.28. The van der Waals surface area contributed by atoms with E-state index in [4.69, 9.17) is 0 Å². The van der Waals surface area contributed by atoms with Gasteiger partial charge in [-0.2, -0.15) is 0 Å². The molecule has 0 aliphatic heterocycles. The topological polar surface area (TPSA) is 45.6 Å². The predicted molar refractivity (Wildman–Crippen MR) is 106 cm³/mol. The first-order chi connectivity index (χ1) is 13.0. The molecule has 1 aliphatic rings. The minimum atomic E-state index is -0.0127. The average molecular weight is 367 g/mol. The number of aromatic nitrogens is 1. The Bertz CT molecular complexity index is 778. The van der Waals surface area contributed by atoms with Crippen LogP contribution in [0.5, 0.6) is 0 Å². The number of aryl methyl sites for hydroxylation is 1. The number of carbonyl (C=O) groups is 2. The summed E-state index contributed by atoms with van der Waals surface area (Å²) in [5.41, 5.74) is 2.09. The molecule has 1 saturated carbocycles. The van der Waals surface area contributed by atoms with Crippen LogP contribution in [0.2, 0.25) is 0 Å². The van der Waals surface area contributed by atoms with E-state index in [1.54, 1.807) is 4.90 Å². The van der Waals surface area contributed by atoms with Gasteiger partial charge in [0.1, 0.15) is 6.54 Å². The van der Waals surface area contributed by atoms with Gasteiger partial charge in [0.05, 0.1) is 13.0 Å². The molecule has 2 aromatic rings. The van der Waals surface area contributed by atoms with Gasteiger partial charge in [0.2, 0.25) is 11.8 Å². The average Bonchev–Trinajstić information content (AvgIpc) is 3.40. The van der Waals surface area contributed by atoms with Gasteiger partial charge < -0.3 is 14.4 Å². The van der Waals surface area contributed by atoms with Gasteiger partial charge in [-0.3, -0.25) is 9.59 Å². The Labute approximate surface area is 161 Å². The van der Waals surface area contributed by atoms with Crippen LogP contribution in [-0.4, -0.2) is 44.8 Å². The van der Waals surface area contributed by atoms with Crippen LogP contribution < -0.4 is 0 Å². The van der Waals surface area contributed by atoms with E-state index in [1.807, 2.05) is 79.0 Å². The van der Waals surface area contributed by atoms with Gasteiger partial charge in [-0.05, 0) is 44.4 Å². The van der Waals surface area contributed by atoms with Crippen molar-refractivity contribution in [2.24, 2.45) is 7.05 Å². The van der Waals surface area contributed by atoms with Crippen molar-refractivity contribution in [2.75, 3.05) is 6.54 Å². The zero-order valence-electron chi connectivity index (χ0n) is 16.5. The third-order valence-corrected chi connectivity index (χ3v) is 5.14. The molecule has 1 aliphatic carbocycles. The van der Waals surface area contributed by atoms with Gasteiger partial charge in [0, 0.05) is 31.0 Å². The highest BCUT2D eigenvalue weighted by Gasteiger charge is 2.34. The van der Waals surface area contributed by atoms with Crippen molar-refractivity contribution < 1.29 is 9.59 Å². The summed E-state index contributed by atoms with van der Waals surface area (Å²) < 4.78 is 2.05. The third-order valence-electron chi connectivity index (χ3n) is 5.14. The molecule has 5 heteroatoms. The minimum Gasteiger partial charge on any atom is -0.353 e. The Kier molecular flexibility index (Phi) is 5.99. The largest absolute Gasteiger partial charge is 0.353 e. The molecule has 2 amide bonds. The van der Waals surface area contributed by atoms with Crippen LogP contribution in [0.1, 0.15) is 37.9 Å². The number of amides is 2. The van der Waals surface area contributed by atoms with Crippen molar-refractivity contribution in [3.63, 3.8) is 0 Å². The van der Waals surface area contributed by atoms with Crippen molar-refractivity contribution >= 4 is 11.8 Å². The monoisotopic (exact) mass is 367 g/mol. The summed E-state index contributed by atoms with van der Waals surface area (Å²) in [6.45, 7) is 4.68. The summed E-state index contributed by atoms with van der Waals surface area (Å²) in [7, 11) is 1.99. The van der Waals surface area contributed by atoms with E-state index in [1.165, 1.54) is 0 Å². The number of benzene rings is 1. The molecule has 0 unspecified atom stereocenters. The van der Waals surface area contributed by atoms with E-state index in [2.05, 4.69) is 0 Å². The molecular weight excluding hydrogens is 338 g/mol.